The van der Waals surface area contributed by atoms with Gasteiger partial charge in [-0.3, -0.25) is 0 Å². The van der Waals surface area contributed by atoms with Gasteiger partial charge in [0.2, 0.25) is 11.8 Å². The van der Waals surface area contributed by atoms with E-state index in [0.29, 0.717) is 39.5 Å². The molecule has 2 aromatic carbocycles. The van der Waals surface area contributed by atoms with Gasteiger partial charge in [0.1, 0.15) is 10.2 Å². The van der Waals surface area contributed by atoms with Crippen molar-refractivity contribution in [2.75, 3.05) is 17.4 Å². The van der Waals surface area contributed by atoms with E-state index in [-0.39, 0.29) is 18.1 Å². The summed E-state index contributed by atoms with van der Waals surface area (Å²) in [6.07, 6.45) is 2.43. The highest BCUT2D eigenvalue weighted by atomic mass is 79.9. The van der Waals surface area contributed by atoms with Gasteiger partial charge < -0.3 is 14.8 Å². The fraction of sp³-hybridized carbons (Fsp3) is 0.280. The molecular weight excluding hydrogens is 512 g/mol. The van der Waals surface area contributed by atoms with Gasteiger partial charge in [-0.25, -0.2) is 10.3 Å². The molecule has 0 spiro atoms. The summed E-state index contributed by atoms with van der Waals surface area (Å²) in [6.45, 7) is 4.39. The van der Waals surface area contributed by atoms with Crippen LogP contribution in [0.1, 0.15) is 41.5 Å². The van der Waals surface area contributed by atoms with Crippen molar-refractivity contribution in [2.45, 2.75) is 39.4 Å². The first-order valence-corrected chi connectivity index (χ1v) is 11.8. The first kappa shape index (κ1) is 24.4. The fourth-order valence-electron chi connectivity index (χ4n) is 3.57. The Labute approximate surface area is 211 Å². The third-order valence-electron chi connectivity index (χ3n) is 5.30. The molecule has 0 bridgehead atoms. The lowest BCUT2D eigenvalue weighted by atomic mass is 10.1. The van der Waals surface area contributed by atoms with Crippen molar-refractivity contribution in [2.24, 2.45) is 0 Å². The zero-order valence-electron chi connectivity index (χ0n) is 19.3. The van der Waals surface area contributed by atoms with E-state index >= 15 is 0 Å². The topological polar surface area (TPSA) is 125 Å². The number of anilines is 3. The zero-order valence-corrected chi connectivity index (χ0v) is 20.8. The predicted octanol–water partition coefficient (Wildman–Crippen LogP) is 6.01. The van der Waals surface area contributed by atoms with Crippen LogP contribution < -0.4 is 15.5 Å². The number of nitriles is 2. The molecule has 1 fully saturated rings. The van der Waals surface area contributed by atoms with Crippen molar-refractivity contribution >= 4 is 33.4 Å². The van der Waals surface area contributed by atoms with Crippen LogP contribution in [0.5, 0.6) is 11.6 Å². The summed E-state index contributed by atoms with van der Waals surface area (Å²) in [4.78, 5) is 14.8. The molecule has 1 unspecified atom stereocenters. The summed E-state index contributed by atoms with van der Waals surface area (Å²) in [7, 11) is 0. The first-order valence-electron chi connectivity index (χ1n) is 11.0. The summed E-state index contributed by atoms with van der Waals surface area (Å²) in [5, 5.41) is 21.4. The number of halogens is 1. The van der Waals surface area contributed by atoms with Gasteiger partial charge in [0.15, 0.2) is 12.1 Å². The Morgan fingerprint density at radius 2 is 1.74 bits per heavy atom. The molecule has 35 heavy (non-hydrogen) atoms. The second-order valence-electron chi connectivity index (χ2n) is 8.00. The van der Waals surface area contributed by atoms with E-state index in [0.717, 1.165) is 30.4 Å². The minimum absolute atomic E-state index is 0.253. The Balaban J connectivity index is 1.66. The lowest BCUT2D eigenvalue weighted by molar-refractivity contribution is -0.145. The summed E-state index contributed by atoms with van der Waals surface area (Å²) in [6, 6.07) is 14.7. The van der Waals surface area contributed by atoms with Crippen LogP contribution in [0.4, 0.5) is 17.5 Å². The Hall–Kier alpha value is -3.70. The molecular formula is C25H23BrN6O3. The van der Waals surface area contributed by atoms with E-state index < -0.39 is 0 Å². The second-order valence-corrected chi connectivity index (χ2v) is 8.79. The molecule has 1 atom stereocenters. The predicted molar refractivity (Wildman–Crippen MR) is 133 cm³/mol. The van der Waals surface area contributed by atoms with Gasteiger partial charge in [-0.1, -0.05) is 0 Å². The van der Waals surface area contributed by atoms with Gasteiger partial charge >= 0.3 is 0 Å². The maximum atomic E-state index is 9.25. The molecule has 0 aliphatic carbocycles. The highest BCUT2D eigenvalue weighted by molar-refractivity contribution is 9.10. The SMILES string of the molecule is Cc1cc(C#N)cc(C)c1Oc1nc(Nc2ccc(C#N)cc2)nc(NOC2CCCCO2)c1Br. The number of hydrogen-bond donors (Lipinski definition) is 2. The molecule has 1 aromatic heterocycles. The van der Waals surface area contributed by atoms with E-state index in [1.807, 2.05) is 13.8 Å². The molecule has 0 amide bonds. The molecule has 2 heterocycles. The molecule has 0 radical (unpaired) electrons. The van der Waals surface area contributed by atoms with Crippen molar-refractivity contribution in [1.82, 2.24) is 9.97 Å². The summed E-state index contributed by atoms with van der Waals surface area (Å²) in [5.74, 6) is 1.45. The first-order chi connectivity index (χ1) is 17.0. The van der Waals surface area contributed by atoms with E-state index in [4.69, 9.17) is 19.6 Å². The average molecular weight is 535 g/mol. The summed E-state index contributed by atoms with van der Waals surface area (Å²) in [5.41, 5.74) is 6.28. The standard InChI is InChI=1S/C25H23BrN6O3/c1-15-11-18(14-28)12-16(2)22(15)34-24-21(26)23(32-35-20-5-3-4-10-33-20)30-25(31-24)29-19-8-6-17(13-27)7-9-19/h6-9,11-12,20H,3-5,10H2,1-2H3,(H2,29,30,31,32). The maximum absolute atomic E-state index is 9.25. The van der Waals surface area contributed by atoms with Crippen LogP contribution in [-0.2, 0) is 9.57 Å². The Morgan fingerprint density at radius 3 is 2.37 bits per heavy atom. The summed E-state index contributed by atoms with van der Waals surface area (Å²) >= 11 is 3.53. The van der Waals surface area contributed by atoms with E-state index in [9.17, 15) is 5.26 Å². The molecule has 2 N–H and O–H groups in total. The average Bonchev–Trinajstić information content (AvgIpc) is 2.87. The molecule has 3 aromatic rings. The van der Waals surface area contributed by atoms with Crippen molar-refractivity contribution in [3.63, 3.8) is 0 Å². The largest absolute Gasteiger partial charge is 0.437 e. The number of rotatable bonds is 7. The zero-order chi connectivity index (χ0) is 24.8. The number of nitrogens with zero attached hydrogens (tertiary/aromatic N) is 4. The Kier molecular flexibility index (Phi) is 7.78. The lowest BCUT2D eigenvalue weighted by Gasteiger charge is -2.23. The highest BCUT2D eigenvalue weighted by Crippen LogP contribution is 2.37. The van der Waals surface area contributed by atoms with Crippen LogP contribution in [0.15, 0.2) is 40.9 Å². The number of benzene rings is 2. The lowest BCUT2D eigenvalue weighted by Crippen LogP contribution is -2.25. The molecule has 9 nitrogen and oxygen atoms in total. The highest BCUT2D eigenvalue weighted by Gasteiger charge is 2.20. The molecule has 1 aliphatic rings. The molecule has 178 valence electrons. The van der Waals surface area contributed by atoms with Gasteiger partial charge in [0.25, 0.3) is 0 Å². The molecule has 4 rings (SSSR count). The second kappa shape index (κ2) is 11.2. The van der Waals surface area contributed by atoms with E-state index in [1.54, 1.807) is 36.4 Å². The quantitative estimate of drug-likeness (QED) is 0.350. The number of aryl methyl sites for hydroxylation is 2. The van der Waals surface area contributed by atoms with Gasteiger partial charge in [-0.05, 0) is 90.1 Å². The van der Waals surface area contributed by atoms with Crippen LogP contribution in [0.3, 0.4) is 0 Å². The van der Waals surface area contributed by atoms with Crippen LogP contribution in [0, 0.1) is 36.5 Å². The van der Waals surface area contributed by atoms with Crippen LogP contribution in [0.25, 0.3) is 0 Å². The maximum Gasteiger partial charge on any atom is 0.240 e. The van der Waals surface area contributed by atoms with E-state index in [2.05, 4.69) is 48.8 Å². The van der Waals surface area contributed by atoms with E-state index in [1.165, 1.54) is 0 Å². The minimum Gasteiger partial charge on any atom is -0.437 e. The third kappa shape index (κ3) is 6.06. The molecule has 10 heteroatoms. The molecule has 1 aliphatic heterocycles. The van der Waals surface area contributed by atoms with Crippen LogP contribution >= 0.6 is 15.9 Å². The van der Waals surface area contributed by atoms with Crippen LogP contribution in [0.2, 0.25) is 0 Å². The number of nitrogens with one attached hydrogen (secondary N) is 2. The van der Waals surface area contributed by atoms with Crippen molar-refractivity contribution in [3.05, 3.63) is 63.1 Å². The normalized spacial score (nSPS) is 15.1. The third-order valence-corrected chi connectivity index (χ3v) is 6.02. The van der Waals surface area contributed by atoms with Gasteiger partial charge in [0.05, 0.1) is 23.3 Å². The summed E-state index contributed by atoms with van der Waals surface area (Å²) < 4.78 is 12.3. The Bertz CT molecular complexity index is 1270. The number of hydrogen-bond acceptors (Lipinski definition) is 9. The minimum atomic E-state index is -0.382. The molecule has 0 saturated carbocycles. The monoisotopic (exact) mass is 534 g/mol. The smallest absolute Gasteiger partial charge is 0.240 e. The Morgan fingerprint density at radius 1 is 1.03 bits per heavy atom. The van der Waals surface area contributed by atoms with Gasteiger partial charge in [-0.15, -0.1) is 0 Å². The number of ether oxygens (including phenoxy) is 2. The van der Waals surface area contributed by atoms with Crippen molar-refractivity contribution < 1.29 is 14.3 Å². The van der Waals surface area contributed by atoms with Gasteiger partial charge in [-0.2, -0.15) is 20.5 Å². The number of aromatic nitrogens is 2. The van der Waals surface area contributed by atoms with Crippen LogP contribution in [-0.4, -0.2) is 22.9 Å². The van der Waals surface area contributed by atoms with Crippen molar-refractivity contribution in [3.8, 4) is 23.8 Å². The molecule has 1 saturated heterocycles. The van der Waals surface area contributed by atoms with Crippen molar-refractivity contribution in [1.29, 1.82) is 10.5 Å². The fourth-order valence-corrected chi connectivity index (χ4v) is 3.91. The van der Waals surface area contributed by atoms with Gasteiger partial charge in [0, 0.05) is 18.7 Å².